The zero-order valence-electron chi connectivity index (χ0n) is 11.8. The lowest BCUT2D eigenvalue weighted by Crippen LogP contribution is -2.52. The molecule has 0 heterocycles. The van der Waals surface area contributed by atoms with Crippen LogP contribution in [0.15, 0.2) is 0 Å². The molecule has 1 aliphatic carbocycles. The Hall–Kier alpha value is -0.470. The molecule has 0 aromatic heterocycles. The van der Waals surface area contributed by atoms with Crippen LogP contribution in [0.3, 0.4) is 0 Å². The zero-order valence-corrected chi connectivity index (χ0v) is 11.8. The predicted octanol–water partition coefficient (Wildman–Crippen LogP) is 4.45. The van der Waals surface area contributed by atoms with Crippen molar-refractivity contribution in [3.63, 3.8) is 0 Å². The molecule has 0 radical (unpaired) electrons. The molecule has 1 saturated carbocycles. The van der Waals surface area contributed by atoms with Crippen molar-refractivity contribution in [1.82, 2.24) is 0 Å². The molecule has 1 fully saturated rings. The summed E-state index contributed by atoms with van der Waals surface area (Å²) in [6, 6.07) is 0. The van der Waals surface area contributed by atoms with Gasteiger partial charge in [0.25, 0.3) is 0 Å². The molecule has 0 spiro atoms. The number of rotatable bonds is 2. The highest BCUT2D eigenvalue weighted by Gasteiger charge is 2.59. The van der Waals surface area contributed by atoms with Gasteiger partial charge < -0.3 is 0 Å². The summed E-state index contributed by atoms with van der Waals surface area (Å²) in [5.74, 6) is -4.23. The highest BCUT2D eigenvalue weighted by molar-refractivity contribution is 5.84. The first-order valence-electron chi connectivity index (χ1n) is 6.20. The first kappa shape index (κ1) is 14.6. The Morgan fingerprint density at radius 3 is 1.59 bits per heavy atom. The number of Topliss-reactive ketones (excluding diaryl/α,β-unsaturated/α-hetero) is 1. The van der Waals surface area contributed by atoms with Crippen molar-refractivity contribution in [2.24, 2.45) is 16.2 Å². The summed E-state index contributed by atoms with van der Waals surface area (Å²) in [5.41, 5.74) is -1.51. The van der Waals surface area contributed by atoms with Gasteiger partial charge in [0.1, 0.15) is 0 Å². The maximum Gasteiger partial charge on any atom is 0.310 e. The number of carbonyl (C=O) groups is 1. The molecule has 0 unspecified atom stereocenters. The van der Waals surface area contributed by atoms with Crippen LogP contribution in [0.4, 0.5) is 8.78 Å². The van der Waals surface area contributed by atoms with Gasteiger partial charge in [0, 0.05) is 12.3 Å². The minimum Gasteiger partial charge on any atom is -0.293 e. The molecule has 0 N–H and O–H groups in total. The maximum absolute atomic E-state index is 14.2. The maximum atomic E-state index is 14.2. The monoisotopic (exact) mass is 246 g/mol. The average molecular weight is 246 g/mol. The van der Waals surface area contributed by atoms with Gasteiger partial charge in [-0.3, -0.25) is 4.79 Å². The molecule has 100 valence electrons. The number of carbonyl (C=O) groups excluding carboxylic acids is 1. The van der Waals surface area contributed by atoms with E-state index in [-0.39, 0.29) is 10.8 Å². The fourth-order valence-electron chi connectivity index (χ4n) is 4.24. The van der Waals surface area contributed by atoms with Crippen LogP contribution in [-0.2, 0) is 4.79 Å². The third-order valence-electron chi connectivity index (χ3n) is 3.89. The normalized spacial score (nSPS) is 26.6. The Morgan fingerprint density at radius 1 is 0.941 bits per heavy atom. The average Bonchev–Trinajstić information content (AvgIpc) is 1.95. The predicted molar refractivity (Wildman–Crippen MR) is 65.1 cm³/mol. The summed E-state index contributed by atoms with van der Waals surface area (Å²) in [6.07, 6.45) is 1.72. The van der Waals surface area contributed by atoms with Gasteiger partial charge in [-0.15, -0.1) is 0 Å². The van der Waals surface area contributed by atoms with Gasteiger partial charge in [0.05, 0.1) is 0 Å². The molecular weight excluding hydrogens is 222 g/mol. The summed E-state index contributed by atoms with van der Waals surface area (Å²) in [6.45, 7) is 10.6. The Labute approximate surface area is 103 Å². The Bertz CT molecular complexity index is 313. The van der Waals surface area contributed by atoms with Gasteiger partial charge in [-0.25, -0.2) is 0 Å². The smallest absolute Gasteiger partial charge is 0.293 e. The van der Waals surface area contributed by atoms with Crippen molar-refractivity contribution < 1.29 is 13.6 Å². The molecule has 0 saturated heterocycles. The molecule has 17 heavy (non-hydrogen) atoms. The number of halogens is 2. The van der Waals surface area contributed by atoms with E-state index in [1.54, 1.807) is 6.92 Å². The van der Waals surface area contributed by atoms with Crippen molar-refractivity contribution in [3.05, 3.63) is 0 Å². The lowest BCUT2D eigenvalue weighted by molar-refractivity contribution is -0.182. The van der Waals surface area contributed by atoms with Crippen LogP contribution in [0.5, 0.6) is 0 Å². The van der Waals surface area contributed by atoms with E-state index in [9.17, 15) is 13.6 Å². The van der Waals surface area contributed by atoms with Gasteiger partial charge >= 0.3 is 5.92 Å². The van der Waals surface area contributed by atoms with Crippen LogP contribution >= 0.6 is 0 Å². The van der Waals surface area contributed by atoms with Crippen molar-refractivity contribution >= 4 is 5.78 Å². The van der Waals surface area contributed by atoms with Gasteiger partial charge in [0.15, 0.2) is 5.78 Å². The van der Waals surface area contributed by atoms with Gasteiger partial charge in [-0.1, -0.05) is 34.6 Å². The molecule has 1 nitrogen and oxygen atoms in total. The van der Waals surface area contributed by atoms with Crippen LogP contribution in [0.2, 0.25) is 0 Å². The Balaban J connectivity index is 3.16. The Morgan fingerprint density at radius 2 is 1.29 bits per heavy atom. The molecule has 1 rings (SSSR count). The summed E-state index contributed by atoms with van der Waals surface area (Å²) in [5, 5.41) is 0. The third kappa shape index (κ3) is 2.69. The number of ketones is 1. The molecule has 0 aromatic carbocycles. The van der Waals surface area contributed by atoms with E-state index < -0.39 is 17.1 Å². The van der Waals surface area contributed by atoms with Crippen molar-refractivity contribution in [1.29, 1.82) is 0 Å². The van der Waals surface area contributed by atoms with E-state index in [1.165, 1.54) is 0 Å². The summed E-state index contributed by atoms with van der Waals surface area (Å²) >= 11 is 0. The summed E-state index contributed by atoms with van der Waals surface area (Å²) in [7, 11) is 0. The minimum absolute atomic E-state index is 0.143. The van der Waals surface area contributed by atoms with Crippen LogP contribution in [0, 0.1) is 16.2 Å². The topological polar surface area (TPSA) is 17.1 Å². The van der Waals surface area contributed by atoms with Gasteiger partial charge in [0.2, 0.25) is 0 Å². The van der Waals surface area contributed by atoms with E-state index in [2.05, 4.69) is 0 Å². The SMILES string of the molecule is CC(=O)C(F)(F)C1(C)CC(C)(C)CC(C)(C)C1. The lowest BCUT2D eigenvalue weighted by Gasteiger charge is -2.52. The molecule has 0 amide bonds. The molecule has 0 atom stereocenters. The third-order valence-corrected chi connectivity index (χ3v) is 3.89. The number of alkyl halides is 2. The zero-order chi connectivity index (χ0) is 13.7. The molecule has 3 heteroatoms. The molecular formula is C14H24F2O. The van der Waals surface area contributed by atoms with E-state index in [0.717, 1.165) is 13.3 Å². The highest BCUT2D eigenvalue weighted by atomic mass is 19.3. The second-order valence-corrected chi connectivity index (χ2v) is 7.55. The lowest BCUT2D eigenvalue weighted by atomic mass is 9.53. The second kappa shape index (κ2) is 3.76. The summed E-state index contributed by atoms with van der Waals surface area (Å²) in [4.78, 5) is 11.2. The first-order chi connectivity index (χ1) is 7.31. The fourth-order valence-corrected chi connectivity index (χ4v) is 4.24. The van der Waals surface area contributed by atoms with Crippen molar-refractivity contribution in [2.45, 2.75) is 66.7 Å². The molecule has 0 bridgehead atoms. The van der Waals surface area contributed by atoms with E-state index >= 15 is 0 Å². The number of hydrogen-bond acceptors (Lipinski definition) is 1. The molecule has 0 aromatic rings. The molecule has 1 aliphatic rings. The van der Waals surface area contributed by atoms with Crippen LogP contribution in [-0.4, -0.2) is 11.7 Å². The Kier molecular flexibility index (Phi) is 3.23. The largest absolute Gasteiger partial charge is 0.310 e. The number of hydrogen-bond donors (Lipinski definition) is 0. The van der Waals surface area contributed by atoms with Crippen molar-refractivity contribution in [3.8, 4) is 0 Å². The highest BCUT2D eigenvalue weighted by Crippen LogP contribution is 2.59. The van der Waals surface area contributed by atoms with Crippen LogP contribution < -0.4 is 0 Å². The first-order valence-corrected chi connectivity index (χ1v) is 6.20. The van der Waals surface area contributed by atoms with Crippen molar-refractivity contribution in [2.75, 3.05) is 0 Å². The standard InChI is InChI=1S/C14H24F2O/c1-10(17)14(15,16)13(6)8-11(2,3)7-12(4,5)9-13/h7-9H2,1-6H3. The van der Waals surface area contributed by atoms with E-state index in [0.29, 0.717) is 12.8 Å². The summed E-state index contributed by atoms with van der Waals surface area (Å²) < 4.78 is 28.3. The second-order valence-electron chi connectivity index (χ2n) is 7.55. The van der Waals surface area contributed by atoms with Gasteiger partial charge in [-0.05, 0) is 30.1 Å². The van der Waals surface area contributed by atoms with Crippen LogP contribution in [0.1, 0.15) is 60.8 Å². The van der Waals surface area contributed by atoms with Gasteiger partial charge in [-0.2, -0.15) is 8.78 Å². The quantitative estimate of drug-likeness (QED) is 0.703. The molecule has 0 aliphatic heterocycles. The minimum atomic E-state index is -3.22. The van der Waals surface area contributed by atoms with E-state index in [4.69, 9.17) is 0 Å². The fraction of sp³-hybridized carbons (Fsp3) is 0.929. The van der Waals surface area contributed by atoms with Crippen LogP contribution in [0.25, 0.3) is 0 Å². The van der Waals surface area contributed by atoms with E-state index in [1.807, 2.05) is 27.7 Å².